The molecule has 1 aliphatic carbocycles. The van der Waals surface area contributed by atoms with Crippen LogP contribution in [0.15, 0.2) is 59.2 Å². The Morgan fingerprint density at radius 3 is 2.61 bits per heavy atom. The van der Waals surface area contributed by atoms with Gasteiger partial charge in [0.05, 0.1) is 11.3 Å². The molecule has 1 aromatic heterocycles. The number of hydrogen-bond acceptors (Lipinski definition) is 3. The second-order valence-corrected chi connectivity index (χ2v) is 8.88. The molecule has 1 aliphatic rings. The highest BCUT2D eigenvalue weighted by molar-refractivity contribution is 9.10. The number of halogens is 2. The number of rotatable bonds is 6. The summed E-state index contributed by atoms with van der Waals surface area (Å²) in [5.74, 6) is -0.200. The molecule has 0 spiro atoms. The molecule has 6 heteroatoms. The van der Waals surface area contributed by atoms with Gasteiger partial charge in [-0.2, -0.15) is 0 Å². The van der Waals surface area contributed by atoms with Crippen LogP contribution in [-0.4, -0.2) is 16.1 Å². The zero-order valence-corrected chi connectivity index (χ0v) is 19.3. The maximum Gasteiger partial charge on any atom is 0.337 e. The maximum absolute atomic E-state index is 11.6. The number of aryl methyl sites for hydroxylation is 1. The van der Waals surface area contributed by atoms with Crippen molar-refractivity contribution in [3.8, 4) is 5.75 Å². The quantitative estimate of drug-likeness (QED) is 0.391. The van der Waals surface area contributed by atoms with Gasteiger partial charge in [0, 0.05) is 21.3 Å². The maximum atomic E-state index is 11.6. The number of carboxylic acids is 1. The van der Waals surface area contributed by atoms with Crippen molar-refractivity contribution in [2.75, 3.05) is 0 Å². The average molecular weight is 499 g/mol. The number of nitrogens with zero attached hydrogens (tertiary/aromatic N) is 1. The van der Waals surface area contributed by atoms with Crippen LogP contribution >= 0.6 is 27.5 Å². The van der Waals surface area contributed by atoms with E-state index in [1.807, 2.05) is 42.5 Å². The lowest BCUT2D eigenvalue weighted by molar-refractivity contribution is 0.0695. The Hall–Kier alpha value is -2.63. The smallest absolute Gasteiger partial charge is 0.337 e. The molecule has 4 rings (SSSR count). The summed E-state index contributed by atoms with van der Waals surface area (Å²) >= 11 is 9.79. The molecule has 31 heavy (non-hydrogen) atoms. The summed E-state index contributed by atoms with van der Waals surface area (Å²) < 4.78 is 7.20. The lowest BCUT2D eigenvalue weighted by Crippen LogP contribution is -2.03. The van der Waals surface area contributed by atoms with Crippen molar-refractivity contribution >= 4 is 44.6 Å². The molecule has 3 aromatic rings. The topological polar surface area (TPSA) is 59.4 Å². The van der Waals surface area contributed by atoms with Crippen LogP contribution in [0.1, 0.15) is 52.0 Å². The monoisotopic (exact) mass is 497 g/mol. The van der Waals surface area contributed by atoms with Crippen molar-refractivity contribution in [3.05, 3.63) is 92.2 Å². The van der Waals surface area contributed by atoms with Crippen molar-refractivity contribution in [2.24, 2.45) is 0 Å². The van der Waals surface area contributed by atoms with Crippen LogP contribution in [-0.2, 0) is 6.61 Å². The molecule has 0 saturated carbocycles. The van der Waals surface area contributed by atoms with Gasteiger partial charge < -0.3 is 9.84 Å². The molecule has 2 aromatic carbocycles. The molecule has 4 nitrogen and oxygen atoms in total. The first-order chi connectivity index (χ1) is 14.9. The molecule has 158 valence electrons. The summed E-state index contributed by atoms with van der Waals surface area (Å²) in [7, 11) is 0. The van der Waals surface area contributed by atoms with E-state index >= 15 is 0 Å². The van der Waals surface area contributed by atoms with Crippen LogP contribution in [0.3, 0.4) is 0 Å². The predicted molar refractivity (Wildman–Crippen MR) is 127 cm³/mol. The summed E-state index contributed by atoms with van der Waals surface area (Å²) in [6.07, 6.45) is 4.48. The standard InChI is InChI=1S/C25H21BrClNO3/c1-15-22(25(29)30)11-17(13-28-15)20-3-2-4-21(20)23-12-19(27)9-10-24(23)31-14-16-5-7-18(26)8-6-16/h5-13H,2-4,14H2,1H3,(H,29,30). The van der Waals surface area contributed by atoms with Crippen molar-refractivity contribution in [1.29, 1.82) is 0 Å². The molecule has 0 fully saturated rings. The second-order valence-electron chi connectivity index (χ2n) is 7.53. The third-order valence-electron chi connectivity index (χ3n) is 5.46. The van der Waals surface area contributed by atoms with Crippen molar-refractivity contribution in [2.45, 2.75) is 32.8 Å². The molecule has 0 unspecified atom stereocenters. The molecule has 1 heterocycles. The second kappa shape index (κ2) is 9.25. The molecule has 0 atom stereocenters. The van der Waals surface area contributed by atoms with E-state index in [4.69, 9.17) is 16.3 Å². The fourth-order valence-electron chi connectivity index (χ4n) is 3.88. The number of benzene rings is 2. The number of carbonyl (C=O) groups is 1. The summed E-state index contributed by atoms with van der Waals surface area (Å²) in [5, 5.41) is 10.1. The summed E-state index contributed by atoms with van der Waals surface area (Å²) in [6.45, 7) is 2.15. The van der Waals surface area contributed by atoms with E-state index in [-0.39, 0.29) is 5.56 Å². The van der Waals surface area contributed by atoms with Gasteiger partial charge in [-0.05, 0) is 84.9 Å². The number of allylic oxidation sites excluding steroid dienone is 2. The summed E-state index contributed by atoms with van der Waals surface area (Å²) in [4.78, 5) is 15.9. The first-order valence-corrected chi connectivity index (χ1v) is 11.2. The Bertz CT molecular complexity index is 1170. The first-order valence-electron chi connectivity index (χ1n) is 10.0. The Balaban J connectivity index is 1.72. The predicted octanol–water partition coefficient (Wildman–Crippen LogP) is 7.18. The van der Waals surface area contributed by atoms with Gasteiger partial charge in [-0.3, -0.25) is 4.98 Å². The summed E-state index contributed by atoms with van der Waals surface area (Å²) in [5.41, 5.74) is 5.84. The third-order valence-corrected chi connectivity index (χ3v) is 6.22. The van der Waals surface area contributed by atoms with Crippen molar-refractivity contribution in [1.82, 2.24) is 4.98 Å². The molecule has 0 aliphatic heterocycles. The molecule has 0 radical (unpaired) electrons. The highest BCUT2D eigenvalue weighted by Crippen LogP contribution is 2.43. The number of hydrogen-bond donors (Lipinski definition) is 1. The van der Waals surface area contributed by atoms with Gasteiger partial charge in [0.1, 0.15) is 12.4 Å². The highest BCUT2D eigenvalue weighted by atomic mass is 79.9. The fraction of sp³-hybridized carbons (Fsp3) is 0.200. The lowest BCUT2D eigenvalue weighted by atomic mass is 9.96. The number of aromatic carboxylic acids is 1. The molecule has 1 N–H and O–H groups in total. The Morgan fingerprint density at radius 1 is 1.13 bits per heavy atom. The third kappa shape index (κ3) is 4.83. The average Bonchev–Trinajstić information content (AvgIpc) is 3.24. The SMILES string of the molecule is Cc1ncc(C2=C(c3cc(Cl)ccc3OCc3ccc(Br)cc3)CCC2)cc1C(=O)O. The van der Waals surface area contributed by atoms with Gasteiger partial charge >= 0.3 is 5.97 Å². The zero-order chi connectivity index (χ0) is 22.0. The van der Waals surface area contributed by atoms with Crippen LogP contribution in [0, 0.1) is 6.92 Å². The highest BCUT2D eigenvalue weighted by Gasteiger charge is 2.22. The summed E-state index contributed by atoms with van der Waals surface area (Å²) in [6, 6.07) is 15.4. The van der Waals surface area contributed by atoms with Crippen molar-refractivity contribution < 1.29 is 14.6 Å². The van der Waals surface area contributed by atoms with E-state index < -0.39 is 5.97 Å². The number of pyridine rings is 1. The minimum Gasteiger partial charge on any atom is -0.488 e. The Kier molecular flexibility index (Phi) is 6.44. The molecular weight excluding hydrogens is 478 g/mol. The lowest BCUT2D eigenvalue weighted by Gasteiger charge is -2.15. The van der Waals surface area contributed by atoms with E-state index in [1.54, 1.807) is 19.2 Å². The van der Waals surface area contributed by atoms with Gasteiger partial charge in [-0.15, -0.1) is 0 Å². The zero-order valence-electron chi connectivity index (χ0n) is 17.0. The van der Waals surface area contributed by atoms with E-state index in [1.165, 1.54) is 0 Å². The molecule has 0 bridgehead atoms. The van der Waals surface area contributed by atoms with E-state index in [2.05, 4.69) is 20.9 Å². The number of carboxylic acid groups (broad SMARTS) is 1. The van der Waals surface area contributed by atoms with Crippen LogP contribution < -0.4 is 4.74 Å². The normalized spacial score (nSPS) is 13.5. The van der Waals surface area contributed by atoms with E-state index in [0.29, 0.717) is 17.3 Å². The van der Waals surface area contributed by atoms with Crippen LogP contribution in [0.4, 0.5) is 0 Å². The van der Waals surface area contributed by atoms with Gasteiger partial charge in [-0.25, -0.2) is 4.79 Å². The Morgan fingerprint density at radius 2 is 1.87 bits per heavy atom. The van der Waals surface area contributed by atoms with Gasteiger partial charge in [-0.1, -0.05) is 39.7 Å². The van der Waals surface area contributed by atoms with Gasteiger partial charge in [0.15, 0.2) is 0 Å². The molecular formula is C25H21BrClNO3. The minimum absolute atomic E-state index is 0.231. The first kappa shape index (κ1) is 21.6. The molecule has 0 amide bonds. The minimum atomic E-state index is -0.965. The van der Waals surface area contributed by atoms with Crippen molar-refractivity contribution in [3.63, 3.8) is 0 Å². The van der Waals surface area contributed by atoms with Crippen LogP contribution in [0.2, 0.25) is 5.02 Å². The number of aromatic nitrogens is 1. The van der Waals surface area contributed by atoms with Crippen LogP contribution in [0.25, 0.3) is 11.1 Å². The van der Waals surface area contributed by atoms with Gasteiger partial charge in [0.2, 0.25) is 0 Å². The van der Waals surface area contributed by atoms with E-state index in [0.717, 1.165) is 57.3 Å². The van der Waals surface area contributed by atoms with Gasteiger partial charge in [0.25, 0.3) is 0 Å². The van der Waals surface area contributed by atoms with Crippen LogP contribution in [0.5, 0.6) is 5.75 Å². The largest absolute Gasteiger partial charge is 0.488 e. The fourth-order valence-corrected chi connectivity index (χ4v) is 4.32. The van der Waals surface area contributed by atoms with E-state index in [9.17, 15) is 9.90 Å². The molecule has 0 saturated heterocycles. The Labute approximate surface area is 194 Å². The number of ether oxygens (including phenoxy) is 1.